The number of aliphatic imine (C=N–C) groups is 1. The highest BCUT2D eigenvalue weighted by Crippen LogP contribution is 2.45. The van der Waals surface area contributed by atoms with Crippen LogP contribution in [0.4, 0.5) is 5.82 Å². The van der Waals surface area contributed by atoms with Gasteiger partial charge in [-0.05, 0) is 37.2 Å². The fraction of sp³-hybridized carbons (Fsp3) is 0.333. The lowest BCUT2D eigenvalue weighted by atomic mass is 9.75. The zero-order valence-electron chi connectivity index (χ0n) is 27.5. The number of imidazole rings is 1. The lowest BCUT2D eigenvalue weighted by Gasteiger charge is -2.50. The number of likely N-dealkylation sites (tertiary alicyclic amines) is 1. The second-order valence-corrected chi connectivity index (χ2v) is 14.2. The molecule has 0 amide bonds. The van der Waals surface area contributed by atoms with Crippen molar-refractivity contribution in [2.24, 2.45) is 4.99 Å². The number of hydrogen-bond acceptors (Lipinski definition) is 8. The van der Waals surface area contributed by atoms with Crippen molar-refractivity contribution < 1.29 is 13.8 Å². The number of hydrogen-bond donors (Lipinski definition) is 0. The van der Waals surface area contributed by atoms with E-state index in [1.54, 1.807) is 31.4 Å². The van der Waals surface area contributed by atoms with Crippen molar-refractivity contribution in [2.45, 2.75) is 30.7 Å². The van der Waals surface area contributed by atoms with Gasteiger partial charge in [-0.2, -0.15) is 0 Å². The number of amidine groups is 1. The second kappa shape index (κ2) is 14.1. The lowest BCUT2D eigenvalue weighted by molar-refractivity contribution is -0.145. The molecule has 4 heterocycles. The summed E-state index contributed by atoms with van der Waals surface area (Å²) in [5.74, 6) is 1.54. The van der Waals surface area contributed by atoms with E-state index in [9.17, 15) is 4.57 Å². The molecule has 0 spiro atoms. The van der Waals surface area contributed by atoms with E-state index in [4.69, 9.17) is 19.2 Å². The van der Waals surface area contributed by atoms with Crippen LogP contribution >= 0.6 is 8.18 Å². The van der Waals surface area contributed by atoms with Gasteiger partial charge in [-0.3, -0.25) is 14.0 Å². The molecule has 248 valence electrons. The molecule has 0 N–H and O–H groups in total. The number of benzene rings is 3. The van der Waals surface area contributed by atoms with Crippen molar-refractivity contribution in [3.8, 4) is 0 Å². The monoisotopic (exact) mass is 664 g/mol. The van der Waals surface area contributed by atoms with Crippen LogP contribution in [0.1, 0.15) is 35.8 Å². The van der Waals surface area contributed by atoms with Gasteiger partial charge in [0.15, 0.2) is 17.0 Å². The Balaban J connectivity index is 1.36. The van der Waals surface area contributed by atoms with Gasteiger partial charge in [0.2, 0.25) is 0 Å². The predicted molar refractivity (Wildman–Crippen MR) is 188 cm³/mol. The summed E-state index contributed by atoms with van der Waals surface area (Å²) in [6.45, 7) is 2.15. The van der Waals surface area contributed by atoms with Crippen LogP contribution in [0.5, 0.6) is 0 Å². The zero-order valence-corrected chi connectivity index (χ0v) is 28.5. The van der Waals surface area contributed by atoms with Crippen molar-refractivity contribution in [3.63, 3.8) is 0 Å². The van der Waals surface area contributed by atoms with Gasteiger partial charge in [0.05, 0.1) is 24.6 Å². The Morgan fingerprint density at radius 3 is 2.10 bits per heavy atom. The Morgan fingerprint density at radius 2 is 1.54 bits per heavy atom. The Bertz CT molecular complexity index is 1790. The summed E-state index contributed by atoms with van der Waals surface area (Å²) in [5.41, 5.74) is 3.95. The molecule has 0 bridgehead atoms. The van der Waals surface area contributed by atoms with E-state index in [0.717, 1.165) is 41.9 Å². The van der Waals surface area contributed by atoms with Crippen molar-refractivity contribution in [1.29, 1.82) is 0 Å². The maximum Gasteiger partial charge on any atom is 0.260 e. The highest BCUT2D eigenvalue weighted by atomic mass is 31.1. The SMILES string of the molecule is CN1CCC/C1=N\c1ncnc2c1ncn2[C@H]1CN(C(c2ccccc2)(c2ccccc2)c2ccccc2)C[C@@H](CO[PH](=O)N(C)C)O1. The molecule has 5 aromatic rings. The topological polar surface area (TPSA) is 101 Å². The largest absolute Gasteiger partial charge is 0.363 e. The van der Waals surface area contributed by atoms with E-state index in [0.29, 0.717) is 30.1 Å². The number of aromatic nitrogens is 4. The van der Waals surface area contributed by atoms with Crippen molar-refractivity contribution in [2.75, 3.05) is 47.4 Å². The third kappa shape index (κ3) is 6.20. The Kier molecular flexibility index (Phi) is 9.48. The summed E-state index contributed by atoms with van der Waals surface area (Å²) < 4.78 is 29.1. The summed E-state index contributed by atoms with van der Waals surface area (Å²) in [5, 5.41) is 0. The van der Waals surface area contributed by atoms with Crippen LogP contribution in [-0.2, 0) is 19.4 Å². The Labute approximate surface area is 281 Å². The van der Waals surface area contributed by atoms with Crippen LogP contribution in [-0.4, -0.2) is 93.3 Å². The van der Waals surface area contributed by atoms with E-state index < -0.39 is 26.0 Å². The average Bonchev–Trinajstić information content (AvgIpc) is 3.75. The first-order valence-corrected chi connectivity index (χ1v) is 17.6. The van der Waals surface area contributed by atoms with Crippen molar-refractivity contribution in [1.82, 2.24) is 34.0 Å². The molecule has 3 aromatic carbocycles. The van der Waals surface area contributed by atoms with Crippen LogP contribution < -0.4 is 0 Å². The first-order valence-electron chi connectivity index (χ1n) is 16.3. The van der Waals surface area contributed by atoms with Gasteiger partial charge in [0.1, 0.15) is 18.4 Å². The molecule has 12 heteroatoms. The third-order valence-electron chi connectivity index (χ3n) is 9.18. The molecule has 2 aromatic heterocycles. The van der Waals surface area contributed by atoms with E-state index in [-0.39, 0.29) is 6.61 Å². The molecule has 2 saturated heterocycles. The van der Waals surface area contributed by atoms with Crippen LogP contribution in [0, 0.1) is 0 Å². The van der Waals surface area contributed by atoms with Crippen LogP contribution in [0.2, 0.25) is 0 Å². The second-order valence-electron chi connectivity index (χ2n) is 12.5. The number of nitrogens with zero attached hydrogens (tertiary/aromatic N) is 8. The van der Waals surface area contributed by atoms with Gasteiger partial charge in [0.25, 0.3) is 8.18 Å². The van der Waals surface area contributed by atoms with E-state index in [2.05, 4.69) is 99.6 Å². The maximum absolute atomic E-state index is 12.8. The van der Waals surface area contributed by atoms with E-state index in [1.165, 1.54) is 0 Å². The minimum absolute atomic E-state index is 0.157. The zero-order chi connectivity index (χ0) is 33.1. The molecule has 1 unspecified atom stereocenters. The van der Waals surface area contributed by atoms with Gasteiger partial charge in [-0.25, -0.2) is 24.6 Å². The number of morpholine rings is 1. The quantitative estimate of drug-likeness (QED) is 0.137. The van der Waals surface area contributed by atoms with Gasteiger partial charge in [-0.15, -0.1) is 0 Å². The van der Waals surface area contributed by atoms with Crippen molar-refractivity contribution >= 4 is 31.0 Å². The number of fused-ring (bicyclic) bond motifs is 1. The summed E-state index contributed by atoms with van der Waals surface area (Å²) in [6, 6.07) is 31.8. The molecule has 11 nitrogen and oxygen atoms in total. The molecule has 0 aliphatic carbocycles. The maximum atomic E-state index is 12.8. The number of rotatable bonds is 10. The van der Waals surface area contributed by atoms with E-state index >= 15 is 0 Å². The molecule has 0 radical (unpaired) electrons. The number of ether oxygens (including phenoxy) is 1. The smallest absolute Gasteiger partial charge is 0.260 e. The normalized spacial score (nSPS) is 20.6. The highest BCUT2D eigenvalue weighted by Gasteiger charge is 2.46. The standard InChI is InChI=1S/C36H41N8O3P/c1-41(2)48(45)46-24-30-22-43(36(27-14-7-4-8-15-27,28-16-9-5-10-17-28)29-18-11-6-12-19-29)23-32(47-30)44-26-39-33-34(37-25-38-35(33)44)40-31-20-13-21-42(31)3/h4-12,14-19,25-26,30,32,48H,13,20-24H2,1-3H3/b40-31+/t30-,32+/m0/s1. The van der Waals surface area contributed by atoms with Gasteiger partial charge < -0.3 is 14.2 Å². The summed E-state index contributed by atoms with van der Waals surface area (Å²) in [7, 11) is 3.15. The van der Waals surface area contributed by atoms with Crippen LogP contribution in [0.3, 0.4) is 0 Å². The van der Waals surface area contributed by atoms with Crippen molar-refractivity contribution in [3.05, 3.63) is 120 Å². The molecule has 0 saturated carbocycles. The molecule has 2 aliphatic rings. The predicted octanol–water partition coefficient (Wildman–Crippen LogP) is 5.74. The van der Waals surface area contributed by atoms with Gasteiger partial charge in [0, 0.05) is 33.1 Å². The van der Waals surface area contributed by atoms with Crippen LogP contribution in [0.15, 0.2) is 109 Å². The minimum atomic E-state index is -2.41. The minimum Gasteiger partial charge on any atom is -0.363 e. The fourth-order valence-corrected chi connectivity index (χ4v) is 7.49. The summed E-state index contributed by atoms with van der Waals surface area (Å²) in [6.07, 6.45) is 4.37. The molecule has 7 rings (SSSR count). The highest BCUT2D eigenvalue weighted by molar-refractivity contribution is 7.36. The Hall–Kier alpha value is -4.25. The fourth-order valence-electron chi connectivity index (χ4n) is 6.91. The molecule has 48 heavy (non-hydrogen) atoms. The third-order valence-corrected chi connectivity index (χ3v) is 10.3. The van der Waals surface area contributed by atoms with Gasteiger partial charge >= 0.3 is 0 Å². The molecular formula is C36H41N8O3P. The van der Waals surface area contributed by atoms with Gasteiger partial charge in [-0.1, -0.05) is 91.0 Å². The molecular weight excluding hydrogens is 623 g/mol. The lowest BCUT2D eigenvalue weighted by Crippen LogP contribution is -2.57. The summed E-state index contributed by atoms with van der Waals surface area (Å²) in [4.78, 5) is 23.5. The first kappa shape index (κ1) is 32.3. The molecule has 3 atom stereocenters. The summed E-state index contributed by atoms with van der Waals surface area (Å²) >= 11 is 0. The molecule has 2 fully saturated rings. The average molecular weight is 665 g/mol. The van der Waals surface area contributed by atoms with E-state index in [1.807, 2.05) is 22.8 Å². The Morgan fingerprint density at radius 1 is 0.917 bits per heavy atom. The van der Waals surface area contributed by atoms with Crippen LogP contribution in [0.25, 0.3) is 11.2 Å². The molecule has 2 aliphatic heterocycles. The first-order chi connectivity index (χ1) is 23.4.